The molecule has 26 heavy (non-hydrogen) atoms. The van der Waals surface area contributed by atoms with E-state index in [1.807, 2.05) is 0 Å². The molecule has 0 amide bonds. The monoisotopic (exact) mass is 349 g/mol. The van der Waals surface area contributed by atoms with Crippen LogP contribution >= 0.6 is 0 Å². The van der Waals surface area contributed by atoms with E-state index in [0.29, 0.717) is 5.41 Å². The van der Waals surface area contributed by atoms with Crippen LogP contribution in [0.2, 0.25) is 0 Å². The molecular formula is C25H35N. The number of anilines is 1. The molecule has 0 heterocycles. The number of aryl methyl sites for hydroxylation is 1. The summed E-state index contributed by atoms with van der Waals surface area (Å²) in [6, 6.07) is 18.0. The van der Waals surface area contributed by atoms with Gasteiger partial charge in [-0.3, -0.25) is 0 Å². The Morgan fingerprint density at radius 1 is 0.923 bits per heavy atom. The molecule has 0 radical (unpaired) electrons. The van der Waals surface area contributed by atoms with Crippen molar-refractivity contribution in [3.8, 4) is 0 Å². The van der Waals surface area contributed by atoms with Crippen LogP contribution in [0.1, 0.15) is 81.4 Å². The zero-order valence-electron chi connectivity index (χ0n) is 16.6. The summed E-state index contributed by atoms with van der Waals surface area (Å²) in [4.78, 5) is 0. The Morgan fingerprint density at radius 3 is 2.31 bits per heavy atom. The van der Waals surface area contributed by atoms with E-state index in [0.717, 1.165) is 11.6 Å². The van der Waals surface area contributed by atoms with Crippen molar-refractivity contribution < 1.29 is 0 Å². The van der Waals surface area contributed by atoms with Gasteiger partial charge in [-0.15, -0.1) is 0 Å². The zero-order valence-corrected chi connectivity index (χ0v) is 16.6. The molecule has 2 aromatic carbocycles. The highest BCUT2D eigenvalue weighted by Gasteiger charge is 2.35. The highest BCUT2D eigenvalue weighted by Crippen LogP contribution is 2.47. The Balaban J connectivity index is 1.68. The van der Waals surface area contributed by atoms with Crippen molar-refractivity contribution in [2.75, 3.05) is 5.73 Å². The molecule has 1 aliphatic rings. The second-order valence-corrected chi connectivity index (χ2v) is 8.44. The molecule has 0 aliphatic heterocycles. The first-order chi connectivity index (χ1) is 12.6. The van der Waals surface area contributed by atoms with Crippen LogP contribution < -0.4 is 5.73 Å². The van der Waals surface area contributed by atoms with Gasteiger partial charge in [0.05, 0.1) is 0 Å². The van der Waals surface area contributed by atoms with Gasteiger partial charge in [-0.25, -0.2) is 0 Å². The normalized spacial score (nSPS) is 23.1. The fourth-order valence-corrected chi connectivity index (χ4v) is 4.97. The summed E-state index contributed by atoms with van der Waals surface area (Å²) in [5, 5.41) is 0. The molecule has 2 aromatic rings. The molecule has 0 saturated heterocycles. The Labute approximate surface area is 160 Å². The van der Waals surface area contributed by atoms with E-state index < -0.39 is 0 Å². The standard InChI is InChI=1S/C25H35N/c1-3-6-20-7-5-8-23(18-20)22-13-16-25(15-4-2,17-14-22)19-21-9-11-24(26)12-10-21/h5,7-12,18,22H,3-4,6,13-17,19,26H2,1-2H3. The molecule has 1 heteroatoms. The molecule has 0 unspecified atom stereocenters. The maximum Gasteiger partial charge on any atom is 0.0314 e. The van der Waals surface area contributed by atoms with Gasteiger partial charge in [0.1, 0.15) is 0 Å². The lowest BCUT2D eigenvalue weighted by atomic mass is 9.64. The first-order valence-corrected chi connectivity index (χ1v) is 10.6. The molecule has 0 bridgehead atoms. The third-order valence-electron chi connectivity index (χ3n) is 6.35. The predicted octanol–water partition coefficient (Wildman–Crippen LogP) is 6.91. The summed E-state index contributed by atoms with van der Waals surface area (Å²) < 4.78 is 0. The Kier molecular flexibility index (Phi) is 6.40. The summed E-state index contributed by atoms with van der Waals surface area (Å²) >= 11 is 0. The minimum absolute atomic E-state index is 0.488. The summed E-state index contributed by atoms with van der Waals surface area (Å²) in [5.41, 5.74) is 11.8. The number of hydrogen-bond acceptors (Lipinski definition) is 1. The van der Waals surface area contributed by atoms with Gasteiger partial charge in [-0.2, -0.15) is 0 Å². The first kappa shape index (κ1) is 19.0. The van der Waals surface area contributed by atoms with Crippen molar-refractivity contribution in [1.29, 1.82) is 0 Å². The molecule has 1 saturated carbocycles. The van der Waals surface area contributed by atoms with Crippen LogP contribution in [-0.4, -0.2) is 0 Å². The van der Waals surface area contributed by atoms with Crippen molar-refractivity contribution in [3.05, 3.63) is 65.2 Å². The van der Waals surface area contributed by atoms with E-state index in [9.17, 15) is 0 Å². The molecule has 1 fully saturated rings. The van der Waals surface area contributed by atoms with Gasteiger partial charge >= 0.3 is 0 Å². The fraction of sp³-hybridized carbons (Fsp3) is 0.520. The molecule has 1 nitrogen and oxygen atoms in total. The quantitative estimate of drug-likeness (QED) is 0.540. The van der Waals surface area contributed by atoms with Gasteiger partial charge in [0.2, 0.25) is 0 Å². The summed E-state index contributed by atoms with van der Waals surface area (Å²) in [6.45, 7) is 4.61. The summed E-state index contributed by atoms with van der Waals surface area (Å²) in [6.07, 6.45) is 11.7. The molecule has 2 N–H and O–H groups in total. The van der Waals surface area contributed by atoms with Gasteiger partial charge in [0.25, 0.3) is 0 Å². The van der Waals surface area contributed by atoms with Crippen LogP contribution in [0.4, 0.5) is 5.69 Å². The van der Waals surface area contributed by atoms with Crippen LogP contribution in [-0.2, 0) is 12.8 Å². The molecule has 0 atom stereocenters. The number of nitrogen functional groups attached to an aromatic ring is 1. The highest BCUT2D eigenvalue weighted by atomic mass is 14.5. The van der Waals surface area contributed by atoms with E-state index in [-0.39, 0.29) is 0 Å². The average Bonchev–Trinajstić information content (AvgIpc) is 2.65. The summed E-state index contributed by atoms with van der Waals surface area (Å²) in [7, 11) is 0. The van der Waals surface area contributed by atoms with Crippen LogP contribution in [0.5, 0.6) is 0 Å². The zero-order chi connectivity index (χ0) is 18.4. The average molecular weight is 350 g/mol. The number of benzene rings is 2. The van der Waals surface area contributed by atoms with Gasteiger partial charge < -0.3 is 5.73 Å². The van der Waals surface area contributed by atoms with E-state index in [2.05, 4.69) is 62.4 Å². The molecule has 140 valence electrons. The third kappa shape index (κ3) is 4.69. The van der Waals surface area contributed by atoms with E-state index in [4.69, 9.17) is 5.73 Å². The van der Waals surface area contributed by atoms with Crippen molar-refractivity contribution in [2.45, 2.75) is 77.6 Å². The fourth-order valence-electron chi connectivity index (χ4n) is 4.97. The van der Waals surface area contributed by atoms with Crippen molar-refractivity contribution in [1.82, 2.24) is 0 Å². The first-order valence-electron chi connectivity index (χ1n) is 10.6. The largest absolute Gasteiger partial charge is 0.399 e. The van der Waals surface area contributed by atoms with Gasteiger partial charge in [0, 0.05) is 5.69 Å². The number of rotatable bonds is 7. The van der Waals surface area contributed by atoms with Crippen LogP contribution in [0, 0.1) is 5.41 Å². The highest BCUT2D eigenvalue weighted by molar-refractivity contribution is 5.39. The lowest BCUT2D eigenvalue weighted by Gasteiger charge is -2.41. The second-order valence-electron chi connectivity index (χ2n) is 8.44. The minimum Gasteiger partial charge on any atom is -0.399 e. The summed E-state index contributed by atoms with van der Waals surface area (Å²) in [5.74, 6) is 0.753. The van der Waals surface area contributed by atoms with E-state index >= 15 is 0 Å². The Morgan fingerprint density at radius 2 is 1.65 bits per heavy atom. The smallest absolute Gasteiger partial charge is 0.0314 e. The lowest BCUT2D eigenvalue weighted by molar-refractivity contribution is 0.156. The topological polar surface area (TPSA) is 26.0 Å². The van der Waals surface area contributed by atoms with Gasteiger partial charge in [-0.05, 0) is 85.1 Å². The second kappa shape index (κ2) is 8.75. The SMILES string of the molecule is CCCc1cccc(C2CCC(CCC)(Cc3ccc(N)cc3)CC2)c1. The minimum atomic E-state index is 0.488. The Hall–Kier alpha value is -1.76. The van der Waals surface area contributed by atoms with E-state index in [1.165, 1.54) is 68.9 Å². The third-order valence-corrected chi connectivity index (χ3v) is 6.35. The van der Waals surface area contributed by atoms with Crippen LogP contribution in [0.15, 0.2) is 48.5 Å². The van der Waals surface area contributed by atoms with Crippen LogP contribution in [0.25, 0.3) is 0 Å². The molecule has 0 spiro atoms. The molecule has 0 aromatic heterocycles. The van der Waals surface area contributed by atoms with Gasteiger partial charge in [-0.1, -0.05) is 63.1 Å². The Bertz CT molecular complexity index is 678. The molecular weight excluding hydrogens is 314 g/mol. The number of hydrogen-bond donors (Lipinski definition) is 1. The maximum absolute atomic E-state index is 5.87. The van der Waals surface area contributed by atoms with Crippen molar-refractivity contribution in [2.24, 2.45) is 5.41 Å². The van der Waals surface area contributed by atoms with Crippen molar-refractivity contribution in [3.63, 3.8) is 0 Å². The number of nitrogens with two attached hydrogens (primary N) is 1. The predicted molar refractivity (Wildman–Crippen MR) is 114 cm³/mol. The lowest BCUT2D eigenvalue weighted by Crippen LogP contribution is -2.29. The molecule has 1 aliphatic carbocycles. The van der Waals surface area contributed by atoms with Gasteiger partial charge in [0.15, 0.2) is 0 Å². The molecule has 3 rings (SSSR count). The van der Waals surface area contributed by atoms with Crippen LogP contribution in [0.3, 0.4) is 0 Å². The van der Waals surface area contributed by atoms with Crippen molar-refractivity contribution >= 4 is 5.69 Å². The van der Waals surface area contributed by atoms with E-state index in [1.54, 1.807) is 5.56 Å². The maximum atomic E-state index is 5.87.